The third-order valence-electron chi connectivity index (χ3n) is 2.78. The second-order valence-electron chi connectivity index (χ2n) is 4.17. The molecule has 0 aliphatic carbocycles. The molecule has 0 radical (unpaired) electrons. The molecule has 1 aliphatic rings. The van der Waals surface area contributed by atoms with Gasteiger partial charge in [0.1, 0.15) is 4.21 Å². The van der Waals surface area contributed by atoms with E-state index in [1.807, 2.05) is 6.92 Å². The Morgan fingerprint density at radius 3 is 2.94 bits per heavy atom. The molecule has 1 atom stereocenters. The third kappa shape index (κ3) is 3.29. The summed E-state index contributed by atoms with van der Waals surface area (Å²) in [6.07, 6.45) is 2.16. The number of rotatable bonds is 4. The number of sulfonamides is 1. The summed E-state index contributed by atoms with van der Waals surface area (Å²) in [6.45, 7) is 3.34. The molecule has 17 heavy (non-hydrogen) atoms. The van der Waals surface area contributed by atoms with Crippen LogP contribution < -0.4 is 10.0 Å². The molecular formula is C10H15BrN2O2S2. The lowest BCUT2D eigenvalue weighted by atomic mass is 10.2. The van der Waals surface area contributed by atoms with Crippen LogP contribution in [0.15, 0.2) is 14.1 Å². The fourth-order valence-corrected chi connectivity index (χ4v) is 5.13. The van der Waals surface area contributed by atoms with Crippen LogP contribution in [0.3, 0.4) is 0 Å². The van der Waals surface area contributed by atoms with Crippen molar-refractivity contribution in [2.24, 2.45) is 0 Å². The summed E-state index contributed by atoms with van der Waals surface area (Å²) in [5, 5.41) is 3.26. The summed E-state index contributed by atoms with van der Waals surface area (Å²) in [4.78, 5) is 0. The molecule has 96 valence electrons. The molecular weight excluding hydrogens is 324 g/mol. The van der Waals surface area contributed by atoms with E-state index >= 15 is 0 Å². The van der Waals surface area contributed by atoms with Crippen molar-refractivity contribution in [1.29, 1.82) is 0 Å². The van der Waals surface area contributed by atoms with Crippen molar-refractivity contribution in [2.45, 2.75) is 30.0 Å². The van der Waals surface area contributed by atoms with E-state index in [4.69, 9.17) is 0 Å². The molecule has 1 aliphatic heterocycles. The van der Waals surface area contributed by atoms with Gasteiger partial charge in [0.05, 0.1) is 3.79 Å². The molecule has 1 aromatic rings. The minimum atomic E-state index is -3.35. The first-order chi connectivity index (χ1) is 7.99. The highest BCUT2D eigenvalue weighted by atomic mass is 79.9. The third-order valence-corrected chi connectivity index (χ3v) is 6.82. The Morgan fingerprint density at radius 2 is 2.41 bits per heavy atom. The first-order valence-corrected chi connectivity index (χ1v) is 8.57. The number of aryl methyl sites for hydroxylation is 1. The van der Waals surface area contributed by atoms with Crippen molar-refractivity contribution in [3.05, 3.63) is 15.4 Å². The molecule has 1 unspecified atom stereocenters. The van der Waals surface area contributed by atoms with E-state index in [1.54, 1.807) is 6.07 Å². The lowest BCUT2D eigenvalue weighted by Crippen LogP contribution is -2.36. The Hall–Kier alpha value is 0.0500. The highest BCUT2D eigenvalue weighted by molar-refractivity contribution is 9.11. The Morgan fingerprint density at radius 1 is 1.65 bits per heavy atom. The maximum Gasteiger partial charge on any atom is 0.250 e. The van der Waals surface area contributed by atoms with E-state index in [9.17, 15) is 8.42 Å². The van der Waals surface area contributed by atoms with E-state index < -0.39 is 10.0 Å². The van der Waals surface area contributed by atoms with E-state index in [-0.39, 0.29) is 6.04 Å². The summed E-state index contributed by atoms with van der Waals surface area (Å²) in [6, 6.07) is 1.97. The highest BCUT2D eigenvalue weighted by Gasteiger charge is 2.21. The molecule has 0 amide bonds. The van der Waals surface area contributed by atoms with Crippen molar-refractivity contribution < 1.29 is 8.42 Å². The van der Waals surface area contributed by atoms with Gasteiger partial charge in [0, 0.05) is 12.6 Å². The Bertz CT molecular complexity index is 473. The summed E-state index contributed by atoms with van der Waals surface area (Å²) < 4.78 is 27.9. The lowest BCUT2D eigenvalue weighted by Gasteiger charge is -2.10. The van der Waals surface area contributed by atoms with E-state index in [0.29, 0.717) is 10.8 Å². The lowest BCUT2D eigenvalue weighted by molar-refractivity contribution is 0.553. The van der Waals surface area contributed by atoms with Gasteiger partial charge in [0.2, 0.25) is 10.0 Å². The fourth-order valence-electron chi connectivity index (χ4n) is 1.78. The molecule has 1 aromatic heterocycles. The number of halogens is 1. The Labute approximate surface area is 114 Å². The normalized spacial score (nSPS) is 20.9. The molecule has 2 N–H and O–H groups in total. The molecule has 0 bridgehead atoms. The van der Waals surface area contributed by atoms with Crippen LogP contribution in [0, 0.1) is 6.92 Å². The molecule has 0 aromatic carbocycles. The maximum atomic E-state index is 12.0. The molecule has 0 spiro atoms. The van der Waals surface area contributed by atoms with Crippen LogP contribution in [0.2, 0.25) is 0 Å². The van der Waals surface area contributed by atoms with E-state index in [2.05, 4.69) is 26.0 Å². The van der Waals surface area contributed by atoms with Gasteiger partial charge < -0.3 is 5.32 Å². The van der Waals surface area contributed by atoms with Gasteiger partial charge in [-0.2, -0.15) is 0 Å². The van der Waals surface area contributed by atoms with Crippen LogP contribution in [0.1, 0.15) is 18.4 Å². The molecule has 4 nitrogen and oxygen atoms in total. The molecule has 7 heteroatoms. The zero-order valence-corrected chi connectivity index (χ0v) is 12.7. The van der Waals surface area contributed by atoms with Gasteiger partial charge in [-0.1, -0.05) is 0 Å². The standard InChI is InChI=1S/C10H15BrN2O2S2/c1-7-5-9(16-10(7)11)17(14,15)13-6-8-3-2-4-12-8/h5,8,12-13H,2-4,6H2,1H3. The van der Waals surface area contributed by atoms with Crippen LogP contribution in [-0.2, 0) is 10.0 Å². The first kappa shape index (κ1) is 13.5. The smallest absolute Gasteiger partial charge is 0.250 e. The zero-order valence-electron chi connectivity index (χ0n) is 9.49. The van der Waals surface area contributed by atoms with Gasteiger partial charge in [0.25, 0.3) is 0 Å². The van der Waals surface area contributed by atoms with Crippen LogP contribution in [0.4, 0.5) is 0 Å². The van der Waals surface area contributed by atoms with Gasteiger partial charge in [0.15, 0.2) is 0 Å². The Balaban J connectivity index is 2.03. The summed E-state index contributed by atoms with van der Waals surface area (Å²) in [5.41, 5.74) is 0.953. The minimum Gasteiger partial charge on any atom is -0.313 e. The van der Waals surface area contributed by atoms with Crippen LogP contribution in [0.25, 0.3) is 0 Å². The van der Waals surface area contributed by atoms with Gasteiger partial charge in [-0.15, -0.1) is 11.3 Å². The average Bonchev–Trinajstić information content (AvgIpc) is 2.87. The summed E-state index contributed by atoms with van der Waals surface area (Å²) in [5.74, 6) is 0. The fraction of sp³-hybridized carbons (Fsp3) is 0.600. The number of hydrogen-bond acceptors (Lipinski definition) is 4. The van der Waals surface area contributed by atoms with Crippen LogP contribution in [-0.4, -0.2) is 27.5 Å². The van der Waals surface area contributed by atoms with Gasteiger partial charge in [-0.3, -0.25) is 0 Å². The zero-order chi connectivity index (χ0) is 12.5. The topological polar surface area (TPSA) is 58.2 Å². The first-order valence-electron chi connectivity index (χ1n) is 5.48. The molecule has 2 rings (SSSR count). The maximum absolute atomic E-state index is 12.0. The van der Waals surface area contributed by atoms with Crippen molar-refractivity contribution in [1.82, 2.24) is 10.0 Å². The Kier molecular flexibility index (Phi) is 4.25. The van der Waals surface area contributed by atoms with Crippen LogP contribution >= 0.6 is 27.3 Å². The van der Waals surface area contributed by atoms with Crippen molar-refractivity contribution >= 4 is 37.3 Å². The van der Waals surface area contributed by atoms with Gasteiger partial charge in [-0.05, 0) is 53.9 Å². The average molecular weight is 339 g/mol. The number of thiophene rings is 1. The second kappa shape index (κ2) is 5.36. The quantitative estimate of drug-likeness (QED) is 0.880. The summed E-state index contributed by atoms with van der Waals surface area (Å²) in [7, 11) is -3.35. The van der Waals surface area contributed by atoms with Gasteiger partial charge >= 0.3 is 0 Å². The molecule has 1 saturated heterocycles. The monoisotopic (exact) mass is 338 g/mol. The SMILES string of the molecule is Cc1cc(S(=O)(=O)NCC2CCCN2)sc1Br. The van der Waals surface area contributed by atoms with Crippen LogP contribution in [0.5, 0.6) is 0 Å². The van der Waals surface area contributed by atoms with E-state index in [1.165, 1.54) is 11.3 Å². The molecule has 2 heterocycles. The second-order valence-corrected chi connectivity index (χ2v) is 8.53. The number of hydrogen-bond donors (Lipinski definition) is 2. The van der Waals surface area contributed by atoms with E-state index in [0.717, 1.165) is 28.7 Å². The predicted molar refractivity (Wildman–Crippen MR) is 73.0 cm³/mol. The van der Waals surface area contributed by atoms with Crippen molar-refractivity contribution in [3.63, 3.8) is 0 Å². The molecule has 0 saturated carbocycles. The van der Waals surface area contributed by atoms with Crippen molar-refractivity contribution in [3.8, 4) is 0 Å². The predicted octanol–water partition coefficient (Wildman–Crippen LogP) is 1.85. The highest BCUT2D eigenvalue weighted by Crippen LogP contribution is 2.30. The molecule has 1 fully saturated rings. The number of nitrogens with one attached hydrogen (secondary N) is 2. The van der Waals surface area contributed by atoms with Gasteiger partial charge in [-0.25, -0.2) is 13.1 Å². The largest absolute Gasteiger partial charge is 0.313 e. The van der Waals surface area contributed by atoms with Crippen molar-refractivity contribution in [2.75, 3.05) is 13.1 Å². The summed E-state index contributed by atoms with van der Waals surface area (Å²) >= 11 is 4.59. The minimum absolute atomic E-state index is 0.272.